The SMILES string of the molecule is CC(C)(C)OC(=O)[C@H](Cc1ccc(O)c(Br)c1)C(=O)OCN. The van der Waals surface area contributed by atoms with Crippen LogP contribution in [-0.2, 0) is 25.5 Å². The zero-order valence-corrected chi connectivity index (χ0v) is 14.3. The van der Waals surface area contributed by atoms with Crippen molar-refractivity contribution in [1.29, 1.82) is 0 Å². The maximum Gasteiger partial charge on any atom is 0.321 e. The third-order valence-corrected chi connectivity index (χ3v) is 3.29. The number of ether oxygens (including phenoxy) is 2. The molecule has 0 amide bonds. The minimum absolute atomic E-state index is 0.0714. The zero-order valence-electron chi connectivity index (χ0n) is 12.8. The van der Waals surface area contributed by atoms with Crippen LogP contribution in [0.2, 0.25) is 0 Å². The summed E-state index contributed by atoms with van der Waals surface area (Å²) in [7, 11) is 0. The van der Waals surface area contributed by atoms with E-state index < -0.39 is 23.5 Å². The summed E-state index contributed by atoms with van der Waals surface area (Å²) in [4.78, 5) is 24.2. The zero-order chi connectivity index (χ0) is 16.9. The van der Waals surface area contributed by atoms with E-state index in [0.717, 1.165) is 0 Å². The number of hydrogen-bond acceptors (Lipinski definition) is 6. The molecular weight excluding hydrogens is 354 g/mol. The van der Waals surface area contributed by atoms with Gasteiger partial charge in [-0.1, -0.05) is 6.07 Å². The van der Waals surface area contributed by atoms with Gasteiger partial charge in [0.2, 0.25) is 0 Å². The normalized spacial score (nSPS) is 12.6. The van der Waals surface area contributed by atoms with Gasteiger partial charge in [-0.2, -0.15) is 0 Å². The Morgan fingerprint density at radius 3 is 2.45 bits per heavy atom. The lowest BCUT2D eigenvalue weighted by Gasteiger charge is -2.23. The molecule has 1 rings (SSSR count). The third kappa shape index (κ3) is 5.65. The van der Waals surface area contributed by atoms with Crippen LogP contribution in [0.5, 0.6) is 5.75 Å². The molecule has 7 heteroatoms. The van der Waals surface area contributed by atoms with Gasteiger partial charge in [-0.15, -0.1) is 0 Å². The maximum atomic E-state index is 12.2. The topological polar surface area (TPSA) is 98.8 Å². The number of hydrogen-bond donors (Lipinski definition) is 2. The maximum absolute atomic E-state index is 12.2. The van der Waals surface area contributed by atoms with Gasteiger partial charge in [-0.3, -0.25) is 15.3 Å². The summed E-state index contributed by atoms with van der Waals surface area (Å²) >= 11 is 3.19. The van der Waals surface area contributed by atoms with E-state index in [4.69, 9.17) is 15.2 Å². The van der Waals surface area contributed by atoms with Crippen LogP contribution in [0.25, 0.3) is 0 Å². The van der Waals surface area contributed by atoms with Crippen LogP contribution in [0.1, 0.15) is 26.3 Å². The molecule has 3 N–H and O–H groups in total. The number of aromatic hydroxyl groups is 1. The van der Waals surface area contributed by atoms with Gasteiger partial charge in [0.15, 0.2) is 5.92 Å². The van der Waals surface area contributed by atoms with Crippen molar-refractivity contribution in [3.8, 4) is 5.75 Å². The fraction of sp³-hybridized carbons (Fsp3) is 0.467. The van der Waals surface area contributed by atoms with Crippen LogP contribution in [-0.4, -0.2) is 29.4 Å². The first-order valence-corrected chi connectivity index (χ1v) is 7.50. The number of halogens is 1. The summed E-state index contributed by atoms with van der Waals surface area (Å²) in [6.07, 6.45) is 0.0899. The second-order valence-corrected chi connectivity index (χ2v) is 6.56. The average molecular weight is 374 g/mol. The van der Waals surface area contributed by atoms with Crippen LogP contribution in [0.3, 0.4) is 0 Å². The predicted octanol–water partition coefficient (Wildman–Crippen LogP) is 2.11. The van der Waals surface area contributed by atoms with Crippen LogP contribution in [0, 0.1) is 5.92 Å². The fourth-order valence-electron chi connectivity index (χ4n) is 1.73. The van der Waals surface area contributed by atoms with E-state index in [2.05, 4.69) is 15.9 Å². The molecule has 1 atom stereocenters. The molecule has 0 radical (unpaired) electrons. The summed E-state index contributed by atoms with van der Waals surface area (Å²) in [5.74, 6) is -2.45. The van der Waals surface area contributed by atoms with Crippen molar-refractivity contribution in [1.82, 2.24) is 0 Å². The molecule has 0 bridgehead atoms. The molecule has 0 aliphatic rings. The van der Waals surface area contributed by atoms with E-state index in [0.29, 0.717) is 10.0 Å². The number of nitrogens with two attached hydrogens (primary N) is 1. The second kappa shape index (κ2) is 7.60. The minimum atomic E-state index is -1.11. The highest BCUT2D eigenvalue weighted by atomic mass is 79.9. The van der Waals surface area contributed by atoms with Gasteiger partial charge in [0.1, 0.15) is 18.1 Å². The van der Waals surface area contributed by atoms with Gasteiger partial charge in [-0.25, -0.2) is 0 Å². The van der Waals surface area contributed by atoms with Gasteiger partial charge in [0.05, 0.1) is 4.47 Å². The van der Waals surface area contributed by atoms with Crippen molar-refractivity contribution < 1.29 is 24.2 Å². The van der Waals surface area contributed by atoms with Crippen LogP contribution in [0.15, 0.2) is 22.7 Å². The minimum Gasteiger partial charge on any atom is -0.507 e. The Kier molecular flexibility index (Phi) is 6.37. The van der Waals surface area contributed by atoms with Gasteiger partial charge < -0.3 is 14.6 Å². The lowest BCUT2D eigenvalue weighted by Crippen LogP contribution is -2.35. The molecule has 0 unspecified atom stereocenters. The van der Waals surface area contributed by atoms with Gasteiger partial charge in [0.25, 0.3) is 0 Å². The first-order valence-electron chi connectivity index (χ1n) is 6.71. The van der Waals surface area contributed by atoms with Crippen molar-refractivity contribution in [3.05, 3.63) is 28.2 Å². The first kappa shape index (κ1) is 18.4. The molecule has 6 nitrogen and oxygen atoms in total. The molecular formula is C15H20BrNO5. The Labute approximate surface area is 137 Å². The quantitative estimate of drug-likeness (QED) is 0.465. The van der Waals surface area contributed by atoms with E-state index in [1.54, 1.807) is 32.9 Å². The van der Waals surface area contributed by atoms with Crippen LogP contribution < -0.4 is 5.73 Å². The van der Waals surface area contributed by atoms with E-state index in [-0.39, 0.29) is 18.9 Å². The van der Waals surface area contributed by atoms with Gasteiger partial charge >= 0.3 is 11.9 Å². The molecule has 0 saturated carbocycles. The lowest BCUT2D eigenvalue weighted by molar-refractivity contribution is -0.169. The Morgan fingerprint density at radius 1 is 1.32 bits per heavy atom. The number of carbonyl (C=O) groups is 2. The van der Waals surface area contributed by atoms with Crippen molar-refractivity contribution in [2.75, 3.05) is 6.73 Å². The molecule has 0 aliphatic carbocycles. The molecule has 0 fully saturated rings. The van der Waals surface area contributed by atoms with E-state index >= 15 is 0 Å². The molecule has 122 valence electrons. The number of carbonyl (C=O) groups excluding carboxylic acids is 2. The smallest absolute Gasteiger partial charge is 0.321 e. The highest BCUT2D eigenvalue weighted by Gasteiger charge is 2.32. The van der Waals surface area contributed by atoms with Crippen molar-refractivity contribution >= 4 is 27.9 Å². The molecule has 22 heavy (non-hydrogen) atoms. The molecule has 0 spiro atoms. The second-order valence-electron chi connectivity index (χ2n) is 5.71. The largest absolute Gasteiger partial charge is 0.507 e. The number of rotatable bonds is 5. The molecule has 0 aliphatic heterocycles. The number of esters is 2. The summed E-state index contributed by atoms with van der Waals surface area (Å²) in [5.41, 5.74) is 5.16. The van der Waals surface area contributed by atoms with Crippen LogP contribution >= 0.6 is 15.9 Å². The average Bonchev–Trinajstić information content (AvgIpc) is 2.38. The monoisotopic (exact) mass is 373 g/mol. The number of phenols is 1. The van der Waals surface area contributed by atoms with Gasteiger partial charge in [0, 0.05) is 0 Å². The standard InChI is InChI=1S/C15H20BrNO5/c1-15(2,3)22-14(20)10(13(19)21-8-17)6-9-4-5-12(18)11(16)7-9/h4-5,7,10,18H,6,8,17H2,1-3H3/t10-/m1/s1. The van der Waals surface area contributed by atoms with E-state index in [9.17, 15) is 14.7 Å². The Hall–Kier alpha value is -1.60. The molecule has 0 saturated heterocycles. The lowest BCUT2D eigenvalue weighted by atomic mass is 9.99. The van der Waals surface area contributed by atoms with Gasteiger partial charge in [-0.05, 0) is 60.8 Å². The summed E-state index contributed by atoms with van der Waals surface area (Å²) in [6, 6.07) is 4.72. The highest BCUT2D eigenvalue weighted by Crippen LogP contribution is 2.26. The molecule has 1 aromatic rings. The summed E-state index contributed by atoms with van der Waals surface area (Å²) in [5, 5.41) is 9.49. The summed E-state index contributed by atoms with van der Waals surface area (Å²) < 4.78 is 10.5. The summed E-state index contributed by atoms with van der Waals surface area (Å²) in [6.45, 7) is 4.84. The third-order valence-electron chi connectivity index (χ3n) is 2.65. The highest BCUT2D eigenvalue weighted by molar-refractivity contribution is 9.10. The fourth-order valence-corrected chi connectivity index (χ4v) is 2.16. The molecule has 1 aromatic carbocycles. The van der Waals surface area contributed by atoms with E-state index in [1.165, 1.54) is 6.07 Å². The van der Waals surface area contributed by atoms with Crippen molar-refractivity contribution in [2.24, 2.45) is 11.7 Å². The molecule has 0 aromatic heterocycles. The van der Waals surface area contributed by atoms with E-state index in [1.807, 2.05) is 0 Å². The van der Waals surface area contributed by atoms with Crippen molar-refractivity contribution in [3.63, 3.8) is 0 Å². The predicted molar refractivity (Wildman–Crippen MR) is 84.0 cm³/mol. The van der Waals surface area contributed by atoms with Crippen molar-refractivity contribution in [2.45, 2.75) is 32.8 Å². The number of phenolic OH excluding ortho intramolecular Hbond substituents is 1. The molecule has 0 heterocycles. The Morgan fingerprint density at radius 2 is 1.95 bits per heavy atom. The Balaban J connectivity index is 2.97. The Bertz CT molecular complexity index is 553. The van der Waals surface area contributed by atoms with Crippen LogP contribution in [0.4, 0.5) is 0 Å². The first-order chi connectivity index (χ1) is 10.1. The number of benzene rings is 1.